The number of anilines is 1. The van der Waals surface area contributed by atoms with Gasteiger partial charge < -0.3 is 19.5 Å². The Labute approximate surface area is 167 Å². The Morgan fingerprint density at radius 1 is 1.14 bits per heavy atom. The smallest absolute Gasteiger partial charge is 0.338 e. The first-order valence-electron chi connectivity index (χ1n) is 9.42. The molecule has 150 valence electrons. The first kappa shape index (κ1) is 18.9. The fourth-order valence-electron chi connectivity index (χ4n) is 3.42. The minimum absolute atomic E-state index is 0.128. The fourth-order valence-corrected chi connectivity index (χ4v) is 3.42. The van der Waals surface area contributed by atoms with Crippen LogP contribution in [0.15, 0.2) is 42.5 Å². The quantitative estimate of drug-likeness (QED) is 0.577. The molecule has 8 heteroatoms. The molecule has 2 aliphatic rings. The molecule has 0 radical (unpaired) electrons. The Hall–Kier alpha value is -3.39. The molecule has 2 amide bonds. The Balaban J connectivity index is 1.41. The van der Waals surface area contributed by atoms with E-state index in [4.69, 9.17) is 14.2 Å². The maximum Gasteiger partial charge on any atom is 0.338 e. The molecule has 0 saturated carbocycles. The summed E-state index contributed by atoms with van der Waals surface area (Å²) < 4.78 is 15.6. The van der Waals surface area contributed by atoms with Crippen LogP contribution < -0.4 is 19.7 Å². The van der Waals surface area contributed by atoms with Crippen LogP contribution in [-0.4, -0.2) is 37.2 Å². The third-order valence-corrected chi connectivity index (χ3v) is 4.89. The first-order chi connectivity index (χ1) is 14.1. The number of nitrogens with zero attached hydrogens (tertiary/aromatic N) is 1. The van der Waals surface area contributed by atoms with Crippen LogP contribution in [-0.2, 0) is 20.9 Å². The third-order valence-electron chi connectivity index (χ3n) is 4.89. The van der Waals surface area contributed by atoms with Gasteiger partial charge in [0.05, 0.1) is 24.3 Å². The second kappa shape index (κ2) is 7.92. The summed E-state index contributed by atoms with van der Waals surface area (Å²) in [5.41, 5.74) is 1.80. The van der Waals surface area contributed by atoms with Crippen molar-refractivity contribution in [2.75, 3.05) is 18.3 Å². The Kier molecular flexibility index (Phi) is 5.18. The van der Waals surface area contributed by atoms with Gasteiger partial charge in [-0.15, -0.1) is 0 Å². The van der Waals surface area contributed by atoms with Gasteiger partial charge in [-0.25, -0.2) is 9.69 Å². The predicted octanol–water partition coefficient (Wildman–Crippen LogP) is 0.988. The van der Waals surface area contributed by atoms with Gasteiger partial charge in [0.1, 0.15) is 6.54 Å². The second-order valence-electron chi connectivity index (χ2n) is 6.77. The van der Waals surface area contributed by atoms with Gasteiger partial charge in [-0.05, 0) is 49.4 Å². The zero-order valence-electron chi connectivity index (χ0n) is 15.9. The normalized spacial score (nSPS) is 17.7. The number of benzene rings is 2. The van der Waals surface area contributed by atoms with Gasteiger partial charge in [-0.3, -0.25) is 9.59 Å². The molecule has 8 nitrogen and oxygen atoms in total. The van der Waals surface area contributed by atoms with Crippen LogP contribution in [0, 0.1) is 0 Å². The minimum atomic E-state index is -0.488. The van der Waals surface area contributed by atoms with Crippen LogP contribution in [0.3, 0.4) is 0 Å². The second-order valence-corrected chi connectivity index (χ2v) is 6.77. The highest BCUT2D eigenvalue weighted by molar-refractivity contribution is 6.21. The third kappa shape index (κ3) is 3.79. The average Bonchev–Trinajstić information content (AvgIpc) is 3.30. The topological polar surface area (TPSA) is 98.8 Å². The molecule has 0 aliphatic carbocycles. The summed E-state index contributed by atoms with van der Waals surface area (Å²) in [6.45, 7) is 2.76. The van der Waals surface area contributed by atoms with Crippen molar-refractivity contribution < 1.29 is 33.9 Å². The molecule has 4 rings (SSSR count). The number of carbonyl (C=O) groups excluding carboxylic acids is 3. The maximum atomic E-state index is 12.8. The molecule has 2 heterocycles. The van der Waals surface area contributed by atoms with E-state index in [1.54, 1.807) is 31.2 Å². The van der Waals surface area contributed by atoms with Crippen molar-refractivity contribution in [3.05, 3.63) is 53.6 Å². The molecular formula is C21H21N2O6+. The van der Waals surface area contributed by atoms with Gasteiger partial charge >= 0.3 is 5.97 Å². The molecule has 2 N–H and O–H groups in total. The SMILES string of the molecule is CCOC(=O)c1ccc(N2C(=O)C[C@@H]([NH2+]Cc3ccc4c(c3)OCO4)C2=O)cc1. The molecule has 2 aromatic rings. The van der Waals surface area contributed by atoms with Crippen LogP contribution >= 0.6 is 0 Å². The molecule has 29 heavy (non-hydrogen) atoms. The van der Waals surface area contributed by atoms with Crippen molar-refractivity contribution in [3.63, 3.8) is 0 Å². The van der Waals surface area contributed by atoms with Crippen molar-refractivity contribution in [1.29, 1.82) is 0 Å². The summed E-state index contributed by atoms with van der Waals surface area (Å²) >= 11 is 0. The Morgan fingerprint density at radius 2 is 1.90 bits per heavy atom. The highest BCUT2D eigenvalue weighted by Crippen LogP contribution is 2.32. The number of hydrogen-bond donors (Lipinski definition) is 1. The standard InChI is InChI=1S/C21H20N2O6/c1-2-27-21(26)14-4-6-15(7-5-14)23-19(24)10-16(20(23)25)22-11-13-3-8-17-18(9-13)29-12-28-17/h3-9,16,22H,2,10-12H2,1H3/p+1/t16-/m1/s1. The van der Waals surface area contributed by atoms with Gasteiger partial charge in [-0.1, -0.05) is 0 Å². The predicted molar refractivity (Wildman–Crippen MR) is 101 cm³/mol. The molecule has 1 atom stereocenters. The summed E-state index contributed by atoms with van der Waals surface area (Å²) in [6.07, 6.45) is 0.128. The number of quaternary nitrogens is 1. The molecule has 0 spiro atoms. The van der Waals surface area contributed by atoms with Crippen LogP contribution in [0.25, 0.3) is 0 Å². The number of imide groups is 1. The van der Waals surface area contributed by atoms with E-state index in [9.17, 15) is 14.4 Å². The molecule has 2 aromatic carbocycles. The van der Waals surface area contributed by atoms with E-state index in [0.717, 1.165) is 5.56 Å². The zero-order valence-corrected chi connectivity index (χ0v) is 15.9. The van der Waals surface area contributed by atoms with Gasteiger partial charge in [-0.2, -0.15) is 0 Å². The highest BCUT2D eigenvalue weighted by Gasteiger charge is 2.42. The van der Waals surface area contributed by atoms with Crippen molar-refractivity contribution in [3.8, 4) is 11.5 Å². The molecule has 1 saturated heterocycles. The van der Waals surface area contributed by atoms with Crippen LogP contribution in [0.5, 0.6) is 11.5 Å². The van der Waals surface area contributed by atoms with Gasteiger partial charge in [0.2, 0.25) is 12.7 Å². The number of amides is 2. The zero-order chi connectivity index (χ0) is 20.4. The van der Waals surface area contributed by atoms with Crippen LogP contribution in [0.2, 0.25) is 0 Å². The molecular weight excluding hydrogens is 376 g/mol. The van der Waals surface area contributed by atoms with E-state index in [0.29, 0.717) is 29.3 Å². The number of hydrogen-bond acceptors (Lipinski definition) is 6. The summed E-state index contributed by atoms with van der Waals surface area (Å²) in [5, 5.41) is 1.85. The maximum absolute atomic E-state index is 12.8. The minimum Gasteiger partial charge on any atom is -0.462 e. The average molecular weight is 397 g/mol. The van der Waals surface area contributed by atoms with Gasteiger partial charge in [0.15, 0.2) is 17.5 Å². The van der Waals surface area contributed by atoms with E-state index in [-0.39, 0.29) is 31.6 Å². The monoisotopic (exact) mass is 397 g/mol. The highest BCUT2D eigenvalue weighted by atomic mass is 16.7. The van der Waals surface area contributed by atoms with Gasteiger partial charge in [0.25, 0.3) is 5.91 Å². The van der Waals surface area contributed by atoms with Crippen molar-refractivity contribution in [2.24, 2.45) is 0 Å². The summed E-state index contributed by atoms with van der Waals surface area (Å²) in [7, 11) is 0. The van der Waals surface area contributed by atoms with Crippen LogP contribution in [0.4, 0.5) is 5.69 Å². The van der Waals surface area contributed by atoms with E-state index in [2.05, 4.69) is 0 Å². The fraction of sp³-hybridized carbons (Fsp3) is 0.286. The summed E-state index contributed by atoms with van der Waals surface area (Å²) in [6, 6.07) is 11.4. The lowest BCUT2D eigenvalue weighted by Crippen LogP contribution is -2.90. The van der Waals surface area contributed by atoms with E-state index in [1.807, 2.05) is 23.5 Å². The molecule has 0 aromatic heterocycles. The van der Waals surface area contributed by atoms with Crippen molar-refractivity contribution in [2.45, 2.75) is 25.9 Å². The number of fused-ring (bicyclic) bond motifs is 1. The Bertz CT molecular complexity index is 956. The van der Waals surface area contributed by atoms with Gasteiger partial charge in [0, 0.05) is 5.56 Å². The van der Waals surface area contributed by atoms with E-state index >= 15 is 0 Å². The number of rotatable bonds is 6. The van der Waals surface area contributed by atoms with Crippen molar-refractivity contribution >= 4 is 23.5 Å². The summed E-state index contributed by atoms with van der Waals surface area (Å²) in [4.78, 5) is 38.2. The molecule has 0 unspecified atom stereocenters. The first-order valence-corrected chi connectivity index (χ1v) is 9.42. The largest absolute Gasteiger partial charge is 0.462 e. The van der Waals surface area contributed by atoms with E-state index < -0.39 is 12.0 Å². The van der Waals surface area contributed by atoms with Crippen LogP contribution in [0.1, 0.15) is 29.3 Å². The summed E-state index contributed by atoms with van der Waals surface area (Å²) in [5.74, 6) is 0.435. The molecule has 0 bridgehead atoms. The molecule has 2 aliphatic heterocycles. The van der Waals surface area contributed by atoms with Crippen molar-refractivity contribution in [1.82, 2.24) is 0 Å². The lowest BCUT2D eigenvalue weighted by molar-refractivity contribution is -0.690. The lowest BCUT2D eigenvalue weighted by Gasteiger charge is -2.14. The number of carbonyl (C=O) groups is 3. The Morgan fingerprint density at radius 3 is 2.66 bits per heavy atom. The number of nitrogens with two attached hydrogens (primary N) is 1. The lowest BCUT2D eigenvalue weighted by atomic mass is 10.1. The molecule has 1 fully saturated rings. The van der Waals surface area contributed by atoms with E-state index in [1.165, 1.54) is 4.90 Å². The number of ether oxygens (including phenoxy) is 3. The number of esters is 1.